The molecule has 1 aliphatic heterocycles. The van der Waals surface area contributed by atoms with Gasteiger partial charge in [-0.3, -0.25) is 4.55 Å². The number of halogens is 2. The molecule has 1 saturated heterocycles. The molecule has 0 spiro atoms. The second-order valence-corrected chi connectivity index (χ2v) is 13.0. The highest BCUT2D eigenvalue weighted by Gasteiger charge is 2.31. The van der Waals surface area contributed by atoms with Crippen LogP contribution in [0.2, 0.25) is 10.0 Å². The number of piperazine rings is 1. The van der Waals surface area contributed by atoms with Crippen LogP contribution in [0.1, 0.15) is 5.56 Å². The van der Waals surface area contributed by atoms with Crippen molar-refractivity contribution >= 4 is 55.1 Å². The molecule has 8 nitrogen and oxygen atoms in total. The summed E-state index contributed by atoms with van der Waals surface area (Å²) in [7, 11) is -6.64. The Kier molecular flexibility index (Phi) is 8.35. The second-order valence-electron chi connectivity index (χ2n) is 7.53. The quantitative estimate of drug-likeness (QED) is 0.522. The van der Waals surface area contributed by atoms with Crippen molar-refractivity contribution in [2.75, 3.05) is 33.2 Å². The van der Waals surface area contributed by atoms with Gasteiger partial charge in [0, 0.05) is 52.4 Å². The van der Waals surface area contributed by atoms with E-state index in [0.717, 1.165) is 11.8 Å². The number of benzene rings is 2. The van der Waals surface area contributed by atoms with Gasteiger partial charge >= 0.3 is 0 Å². The van der Waals surface area contributed by atoms with Crippen molar-refractivity contribution in [1.29, 1.82) is 5.26 Å². The molecule has 1 atom stereocenters. The lowest BCUT2D eigenvalue weighted by Crippen LogP contribution is -2.47. The molecule has 0 bridgehead atoms. The maximum Gasteiger partial charge on any atom is 0.281 e. The van der Waals surface area contributed by atoms with Gasteiger partial charge in [-0.1, -0.05) is 41.0 Å². The Morgan fingerprint density at radius 3 is 2.21 bits per heavy atom. The van der Waals surface area contributed by atoms with Gasteiger partial charge in [-0.15, -0.1) is 0 Å². The molecule has 0 aromatic heterocycles. The maximum atomic E-state index is 13.6. The molecule has 0 amide bonds. The molecule has 178 valence electrons. The summed E-state index contributed by atoms with van der Waals surface area (Å²) in [4.78, 5) is 3.03. The van der Waals surface area contributed by atoms with Gasteiger partial charge in [0.1, 0.15) is 0 Å². The number of nitriles is 1. The van der Waals surface area contributed by atoms with E-state index in [2.05, 4.69) is 0 Å². The topological polar surface area (TPSA) is 119 Å². The maximum absolute atomic E-state index is 13.6. The molecule has 0 saturated carbocycles. The summed E-state index contributed by atoms with van der Waals surface area (Å²) in [6, 6.07) is 10.9. The van der Waals surface area contributed by atoms with Gasteiger partial charge in [-0.05, 0) is 42.9 Å². The fourth-order valence-electron chi connectivity index (χ4n) is 3.28. The molecule has 2 aromatic carbocycles. The van der Waals surface area contributed by atoms with Gasteiger partial charge in [0.15, 0.2) is 5.25 Å². The zero-order chi connectivity index (χ0) is 24.4. The first-order valence-corrected chi connectivity index (χ1v) is 14.2. The molecule has 0 aliphatic carbocycles. The highest BCUT2D eigenvalue weighted by atomic mass is 35.5. The summed E-state index contributed by atoms with van der Waals surface area (Å²) in [5.41, 5.74) is 0.292. The van der Waals surface area contributed by atoms with E-state index in [9.17, 15) is 21.4 Å². The molecule has 13 heteroatoms. The summed E-state index contributed by atoms with van der Waals surface area (Å²) in [6.07, 6.45) is -0.353. The van der Waals surface area contributed by atoms with Crippen LogP contribution in [-0.4, -0.2) is 69.1 Å². The molecular formula is C20H21Cl2N3O5S3. The van der Waals surface area contributed by atoms with Gasteiger partial charge < -0.3 is 4.90 Å². The lowest BCUT2D eigenvalue weighted by Gasteiger charge is -2.32. The van der Waals surface area contributed by atoms with Crippen molar-refractivity contribution in [2.24, 2.45) is 0 Å². The van der Waals surface area contributed by atoms with Crippen LogP contribution in [0.15, 0.2) is 51.1 Å². The average Bonchev–Trinajstić information content (AvgIpc) is 2.71. The van der Waals surface area contributed by atoms with E-state index in [-0.39, 0.29) is 11.3 Å². The smallest absolute Gasteiger partial charge is 0.281 e. The second kappa shape index (κ2) is 10.5. The number of rotatable bonds is 7. The normalized spacial score (nSPS) is 16.9. The molecule has 2 aromatic rings. The minimum atomic E-state index is -4.62. The number of hydrogen-bond acceptors (Lipinski definition) is 7. The van der Waals surface area contributed by atoms with Gasteiger partial charge in [0.05, 0.1) is 11.0 Å². The lowest BCUT2D eigenvalue weighted by atomic mass is 10.1. The molecule has 0 radical (unpaired) electrons. The monoisotopic (exact) mass is 549 g/mol. The average molecular weight is 551 g/mol. The van der Waals surface area contributed by atoms with Crippen LogP contribution in [0.25, 0.3) is 0 Å². The molecule has 33 heavy (non-hydrogen) atoms. The van der Waals surface area contributed by atoms with Crippen LogP contribution in [-0.2, 0) is 26.6 Å². The van der Waals surface area contributed by atoms with Gasteiger partial charge in [-0.2, -0.15) is 18.0 Å². The van der Waals surface area contributed by atoms with Gasteiger partial charge in [0.25, 0.3) is 10.1 Å². The first-order chi connectivity index (χ1) is 15.4. The Hall–Kier alpha value is -1.36. The van der Waals surface area contributed by atoms with Crippen molar-refractivity contribution in [3.8, 4) is 6.07 Å². The summed E-state index contributed by atoms with van der Waals surface area (Å²) >= 11 is 13.3. The Labute approximate surface area is 207 Å². The van der Waals surface area contributed by atoms with E-state index < -0.39 is 25.4 Å². The van der Waals surface area contributed by atoms with E-state index >= 15 is 0 Å². The molecule has 1 unspecified atom stereocenters. The summed E-state index contributed by atoms with van der Waals surface area (Å²) in [5.74, 6) is 0. The van der Waals surface area contributed by atoms with Crippen molar-refractivity contribution in [2.45, 2.75) is 26.4 Å². The van der Waals surface area contributed by atoms with Crippen molar-refractivity contribution in [1.82, 2.24) is 9.21 Å². The van der Waals surface area contributed by atoms with Crippen LogP contribution in [0.4, 0.5) is 0 Å². The molecule has 3 rings (SSSR count). The minimum absolute atomic E-state index is 0.0160. The Morgan fingerprint density at radius 1 is 1.06 bits per heavy atom. The molecular weight excluding hydrogens is 529 g/mol. The largest absolute Gasteiger partial charge is 0.304 e. The van der Waals surface area contributed by atoms with Crippen molar-refractivity contribution in [3.05, 3.63) is 52.0 Å². The van der Waals surface area contributed by atoms with E-state index in [1.165, 1.54) is 16.4 Å². The Morgan fingerprint density at radius 2 is 1.67 bits per heavy atom. The third-order valence-corrected chi connectivity index (χ3v) is 9.62. The predicted octanol–water partition coefficient (Wildman–Crippen LogP) is 3.40. The van der Waals surface area contributed by atoms with Crippen LogP contribution in [0, 0.1) is 11.3 Å². The number of hydrogen-bond donors (Lipinski definition) is 1. The fraction of sp³-hybridized carbons (Fsp3) is 0.350. The first-order valence-electron chi connectivity index (χ1n) is 9.71. The highest BCUT2D eigenvalue weighted by Crippen LogP contribution is 2.37. The van der Waals surface area contributed by atoms with Crippen LogP contribution < -0.4 is 0 Å². The number of sulfonamides is 1. The van der Waals surface area contributed by atoms with Crippen molar-refractivity contribution < 1.29 is 21.4 Å². The first kappa shape index (κ1) is 26.2. The fourth-order valence-corrected chi connectivity index (χ4v) is 7.38. The third-order valence-electron chi connectivity index (χ3n) is 5.08. The van der Waals surface area contributed by atoms with Crippen LogP contribution >= 0.6 is 35.0 Å². The third kappa shape index (κ3) is 6.61. The molecule has 1 fully saturated rings. The van der Waals surface area contributed by atoms with Crippen molar-refractivity contribution in [3.63, 3.8) is 0 Å². The van der Waals surface area contributed by atoms with E-state index in [0.29, 0.717) is 51.6 Å². The van der Waals surface area contributed by atoms with Crippen LogP contribution in [0.3, 0.4) is 0 Å². The van der Waals surface area contributed by atoms with E-state index in [1.807, 2.05) is 11.9 Å². The standard InChI is InChI=1S/C20H21Cl2N3O5S3/c1-24-4-6-25(7-5-24)32(26,27)20-9-14(8-18(13-23)33(28,29)30)2-3-19(20)31-17-11-15(21)10-16(22)12-17/h2-3,9-12,18H,4-8H2,1H3,(H,28,29,30). The van der Waals surface area contributed by atoms with Gasteiger partial charge in [0.2, 0.25) is 10.0 Å². The summed E-state index contributed by atoms with van der Waals surface area (Å²) in [6.45, 7) is 1.76. The molecule has 1 heterocycles. The van der Waals surface area contributed by atoms with Crippen LogP contribution in [0.5, 0.6) is 0 Å². The number of likely N-dealkylation sites (N-methyl/N-ethyl adjacent to an activating group) is 1. The summed E-state index contributed by atoms with van der Waals surface area (Å²) in [5, 5.41) is 8.22. The Bertz CT molecular complexity index is 1270. The Balaban J connectivity index is 2.06. The zero-order valence-corrected chi connectivity index (χ0v) is 21.4. The zero-order valence-electron chi connectivity index (χ0n) is 17.5. The predicted molar refractivity (Wildman–Crippen MR) is 128 cm³/mol. The molecule has 1 aliphatic rings. The SMILES string of the molecule is CN1CCN(S(=O)(=O)c2cc(CC(C#N)S(=O)(=O)O)ccc2Sc2cc(Cl)cc(Cl)c2)CC1. The van der Waals surface area contributed by atoms with Gasteiger partial charge in [-0.25, -0.2) is 8.42 Å². The van der Waals surface area contributed by atoms with E-state index in [4.69, 9.17) is 28.5 Å². The molecule has 1 N–H and O–H groups in total. The highest BCUT2D eigenvalue weighted by molar-refractivity contribution is 8.00. The lowest BCUT2D eigenvalue weighted by molar-refractivity contribution is 0.222. The van der Waals surface area contributed by atoms with E-state index in [1.54, 1.807) is 30.3 Å². The summed E-state index contributed by atoms with van der Waals surface area (Å²) < 4.78 is 60.7. The minimum Gasteiger partial charge on any atom is -0.304 e. The number of nitrogens with zero attached hydrogens (tertiary/aromatic N) is 3.